The van der Waals surface area contributed by atoms with Crippen molar-refractivity contribution < 1.29 is 9.59 Å². The molecule has 0 saturated carbocycles. The minimum Gasteiger partial charge on any atom is -0.378 e. The summed E-state index contributed by atoms with van der Waals surface area (Å²) in [5.41, 5.74) is 8.20. The Morgan fingerprint density at radius 2 is 1.80 bits per heavy atom. The molecule has 0 saturated heterocycles. The van der Waals surface area contributed by atoms with Crippen molar-refractivity contribution in [1.29, 1.82) is 0 Å². The van der Waals surface area contributed by atoms with Crippen molar-refractivity contribution in [2.45, 2.75) is 6.92 Å². The number of aryl methyl sites for hydroxylation is 1. The van der Waals surface area contributed by atoms with E-state index in [0.717, 1.165) is 16.8 Å². The lowest BCUT2D eigenvalue weighted by molar-refractivity contribution is 0.0845. The smallest absolute Gasteiger partial charge is 0.290 e. The number of fused-ring (bicyclic) bond motifs is 1. The van der Waals surface area contributed by atoms with Crippen molar-refractivity contribution in [3.63, 3.8) is 0 Å². The van der Waals surface area contributed by atoms with Gasteiger partial charge in [-0.25, -0.2) is 0 Å². The van der Waals surface area contributed by atoms with Gasteiger partial charge in [-0.1, -0.05) is 17.7 Å². The van der Waals surface area contributed by atoms with Crippen LogP contribution in [0.25, 0.3) is 10.9 Å². The maximum atomic E-state index is 12.3. The first-order valence-corrected chi connectivity index (χ1v) is 7.78. The van der Waals surface area contributed by atoms with Gasteiger partial charge >= 0.3 is 0 Å². The highest BCUT2D eigenvalue weighted by molar-refractivity contribution is 6.06. The van der Waals surface area contributed by atoms with Crippen molar-refractivity contribution in [3.8, 4) is 0 Å². The Morgan fingerprint density at radius 1 is 1.04 bits per heavy atom. The largest absolute Gasteiger partial charge is 0.378 e. The summed E-state index contributed by atoms with van der Waals surface area (Å²) in [6, 6.07) is 12.8. The van der Waals surface area contributed by atoms with Crippen molar-refractivity contribution in [3.05, 3.63) is 59.3 Å². The Balaban J connectivity index is 1.72. The monoisotopic (exact) mass is 337 g/mol. The quantitative estimate of drug-likeness (QED) is 0.638. The van der Waals surface area contributed by atoms with Gasteiger partial charge in [0, 0.05) is 30.7 Å². The fourth-order valence-electron chi connectivity index (χ4n) is 2.47. The number of aromatic amines is 1. The highest BCUT2D eigenvalue weighted by atomic mass is 16.2. The number of H-pyrrole nitrogens is 1. The van der Waals surface area contributed by atoms with Crippen LogP contribution in [0.2, 0.25) is 0 Å². The number of nitrogens with zero attached hydrogens (tertiary/aromatic N) is 2. The first-order chi connectivity index (χ1) is 12.0. The Morgan fingerprint density at radius 3 is 2.56 bits per heavy atom. The van der Waals surface area contributed by atoms with Gasteiger partial charge in [0.15, 0.2) is 5.69 Å². The number of hydrogen-bond donors (Lipinski definition) is 3. The summed E-state index contributed by atoms with van der Waals surface area (Å²) in [6.45, 7) is 1.94. The molecule has 0 radical (unpaired) electrons. The number of nitrogens with one attached hydrogen (secondary N) is 3. The fourth-order valence-corrected chi connectivity index (χ4v) is 2.47. The number of hydrazine groups is 1. The van der Waals surface area contributed by atoms with E-state index in [-0.39, 0.29) is 5.69 Å². The zero-order valence-corrected chi connectivity index (χ0v) is 14.3. The third-order valence-corrected chi connectivity index (χ3v) is 3.85. The molecule has 7 heteroatoms. The summed E-state index contributed by atoms with van der Waals surface area (Å²) in [4.78, 5) is 26.5. The van der Waals surface area contributed by atoms with E-state index in [1.54, 1.807) is 18.2 Å². The van der Waals surface area contributed by atoms with Gasteiger partial charge in [0.2, 0.25) is 0 Å². The first kappa shape index (κ1) is 16.5. The molecule has 2 amide bonds. The van der Waals surface area contributed by atoms with E-state index in [4.69, 9.17) is 0 Å². The van der Waals surface area contributed by atoms with Gasteiger partial charge in [-0.2, -0.15) is 5.10 Å². The van der Waals surface area contributed by atoms with Gasteiger partial charge in [-0.15, -0.1) is 0 Å². The summed E-state index contributed by atoms with van der Waals surface area (Å²) in [5.74, 6) is -0.873. The molecular weight excluding hydrogens is 318 g/mol. The molecule has 0 aliphatic carbocycles. The van der Waals surface area contributed by atoms with Gasteiger partial charge < -0.3 is 4.90 Å². The number of amides is 2. The molecule has 0 spiro atoms. The molecule has 7 nitrogen and oxygen atoms in total. The lowest BCUT2D eigenvalue weighted by atomic mass is 10.1. The molecule has 1 aromatic heterocycles. The van der Waals surface area contributed by atoms with Crippen LogP contribution in [0.5, 0.6) is 0 Å². The minimum atomic E-state index is -0.478. The molecular formula is C18H19N5O2. The minimum absolute atomic E-state index is 0.237. The second kappa shape index (κ2) is 6.64. The summed E-state index contributed by atoms with van der Waals surface area (Å²) in [7, 11) is 3.78. The number of carbonyl (C=O) groups excluding carboxylic acids is 2. The molecule has 1 heterocycles. The summed E-state index contributed by atoms with van der Waals surface area (Å²) in [6.07, 6.45) is 0. The van der Waals surface area contributed by atoms with E-state index in [2.05, 4.69) is 21.0 Å². The Hall–Kier alpha value is -3.35. The first-order valence-electron chi connectivity index (χ1n) is 7.78. The number of anilines is 1. The fraction of sp³-hybridized carbons (Fsp3) is 0.167. The summed E-state index contributed by atoms with van der Waals surface area (Å²) in [5, 5.41) is 7.55. The van der Waals surface area contributed by atoms with E-state index in [1.807, 2.05) is 50.2 Å². The van der Waals surface area contributed by atoms with E-state index in [0.29, 0.717) is 10.9 Å². The summed E-state index contributed by atoms with van der Waals surface area (Å²) >= 11 is 0. The Kier molecular flexibility index (Phi) is 4.38. The van der Waals surface area contributed by atoms with E-state index in [1.165, 1.54) is 0 Å². The normalized spacial score (nSPS) is 10.5. The molecule has 0 atom stereocenters. The van der Waals surface area contributed by atoms with Crippen LogP contribution < -0.4 is 15.8 Å². The van der Waals surface area contributed by atoms with Gasteiger partial charge in [-0.05, 0) is 37.3 Å². The van der Waals surface area contributed by atoms with Gasteiger partial charge in [0.25, 0.3) is 11.8 Å². The second-order valence-corrected chi connectivity index (χ2v) is 5.97. The van der Waals surface area contributed by atoms with Crippen molar-refractivity contribution in [2.24, 2.45) is 0 Å². The van der Waals surface area contributed by atoms with Crippen molar-refractivity contribution in [1.82, 2.24) is 21.0 Å². The number of benzene rings is 2. The average Bonchev–Trinajstić information content (AvgIpc) is 3.02. The van der Waals surface area contributed by atoms with E-state index < -0.39 is 11.8 Å². The maximum Gasteiger partial charge on any atom is 0.290 e. The van der Waals surface area contributed by atoms with Gasteiger partial charge in [0.05, 0.1) is 5.52 Å². The molecule has 0 aliphatic heterocycles. The molecule has 3 aromatic rings. The third-order valence-electron chi connectivity index (χ3n) is 3.85. The maximum absolute atomic E-state index is 12.3. The zero-order valence-electron chi connectivity index (χ0n) is 14.3. The molecule has 3 N–H and O–H groups in total. The number of rotatable bonds is 3. The van der Waals surface area contributed by atoms with Crippen LogP contribution in [0.1, 0.15) is 26.4 Å². The third kappa shape index (κ3) is 3.45. The molecule has 0 fully saturated rings. The van der Waals surface area contributed by atoms with Crippen LogP contribution >= 0.6 is 0 Å². The lowest BCUT2D eigenvalue weighted by Crippen LogP contribution is -2.41. The molecule has 128 valence electrons. The lowest BCUT2D eigenvalue weighted by Gasteiger charge is -2.13. The SMILES string of the molecule is Cc1ccc2[nH]nc(C(=O)NNC(=O)c3cccc(N(C)C)c3)c2c1. The standard InChI is InChI=1S/C18H19N5O2/c1-11-7-8-15-14(9-11)16(20-19-15)18(25)22-21-17(24)12-5-4-6-13(10-12)23(2)3/h4-10H,1-3H3,(H,19,20)(H,21,24)(H,22,25). The van der Waals surface area contributed by atoms with Crippen LogP contribution in [0.3, 0.4) is 0 Å². The van der Waals surface area contributed by atoms with Crippen LogP contribution in [0.4, 0.5) is 5.69 Å². The Bertz CT molecular complexity index is 946. The van der Waals surface area contributed by atoms with Gasteiger partial charge in [-0.3, -0.25) is 25.5 Å². The molecule has 0 unspecified atom stereocenters. The summed E-state index contributed by atoms with van der Waals surface area (Å²) < 4.78 is 0. The highest BCUT2D eigenvalue weighted by Gasteiger charge is 2.15. The molecule has 0 bridgehead atoms. The van der Waals surface area contributed by atoms with Crippen molar-refractivity contribution >= 4 is 28.4 Å². The van der Waals surface area contributed by atoms with Crippen LogP contribution in [0, 0.1) is 6.92 Å². The Labute approximate surface area is 145 Å². The molecule has 3 rings (SSSR count). The van der Waals surface area contributed by atoms with Crippen LogP contribution in [-0.4, -0.2) is 36.1 Å². The van der Waals surface area contributed by atoms with Gasteiger partial charge in [0.1, 0.15) is 0 Å². The van der Waals surface area contributed by atoms with Crippen LogP contribution in [-0.2, 0) is 0 Å². The molecule has 2 aromatic carbocycles. The number of carbonyl (C=O) groups is 2. The van der Waals surface area contributed by atoms with E-state index in [9.17, 15) is 9.59 Å². The molecule has 25 heavy (non-hydrogen) atoms. The number of hydrogen-bond acceptors (Lipinski definition) is 4. The predicted molar refractivity (Wildman–Crippen MR) is 96.5 cm³/mol. The van der Waals surface area contributed by atoms with E-state index >= 15 is 0 Å². The zero-order chi connectivity index (χ0) is 18.0. The molecule has 0 aliphatic rings. The predicted octanol–water partition coefficient (Wildman–Crippen LogP) is 2.01. The second-order valence-electron chi connectivity index (χ2n) is 5.97. The topological polar surface area (TPSA) is 90.1 Å². The average molecular weight is 337 g/mol. The number of aromatic nitrogens is 2. The van der Waals surface area contributed by atoms with Crippen LogP contribution in [0.15, 0.2) is 42.5 Å². The highest BCUT2D eigenvalue weighted by Crippen LogP contribution is 2.17. The van der Waals surface area contributed by atoms with Crippen molar-refractivity contribution in [2.75, 3.05) is 19.0 Å².